The number of ether oxygens (including phenoxy) is 2. The fourth-order valence-corrected chi connectivity index (χ4v) is 2.91. The second kappa shape index (κ2) is 5.85. The molecular weight excluding hydrogens is 326 g/mol. The Morgan fingerprint density at radius 2 is 1.65 bits per heavy atom. The van der Waals surface area contributed by atoms with Gasteiger partial charge in [0.15, 0.2) is 5.75 Å². The summed E-state index contributed by atoms with van der Waals surface area (Å²) in [4.78, 5) is 22.0. The number of benzene rings is 1. The number of rotatable bonds is 3. The maximum atomic E-state index is 11.0. The number of aromatic nitrogens is 1. The van der Waals surface area contributed by atoms with Gasteiger partial charge < -0.3 is 24.3 Å². The molecule has 0 fully saturated rings. The van der Waals surface area contributed by atoms with Gasteiger partial charge in [0.25, 0.3) is 0 Å². The number of fused-ring (bicyclic) bond motifs is 1. The topological polar surface area (TPSA) is 98.0 Å². The number of carboxylic acid groups (broad SMARTS) is 2. The van der Waals surface area contributed by atoms with Gasteiger partial charge in [-0.25, -0.2) is 9.59 Å². The molecule has 1 aromatic heterocycles. The molecule has 1 aliphatic heterocycles. The van der Waals surface area contributed by atoms with E-state index in [1.165, 1.54) is 0 Å². The summed E-state index contributed by atoms with van der Waals surface area (Å²) in [6.07, 6.45) is -1.69. The van der Waals surface area contributed by atoms with Gasteiger partial charge in [-0.05, 0) is 25.0 Å². The molecule has 0 amide bonds. The summed E-state index contributed by atoms with van der Waals surface area (Å²) in [6, 6.07) is 6.74. The Morgan fingerprint density at radius 3 is 2.26 bits per heavy atom. The highest BCUT2D eigenvalue weighted by molar-refractivity contribution is 6.30. The third-order valence-corrected chi connectivity index (χ3v) is 3.82. The van der Waals surface area contributed by atoms with Crippen LogP contribution in [0.2, 0.25) is 5.02 Å². The lowest BCUT2D eigenvalue weighted by atomic mass is 10.1. The summed E-state index contributed by atoms with van der Waals surface area (Å²) < 4.78 is 11.4. The van der Waals surface area contributed by atoms with E-state index in [2.05, 4.69) is 0 Å². The van der Waals surface area contributed by atoms with Crippen molar-refractivity contribution in [3.05, 3.63) is 35.0 Å². The Kier molecular flexibility index (Phi) is 3.87. The zero-order valence-electron chi connectivity index (χ0n) is 11.8. The lowest BCUT2D eigenvalue weighted by molar-refractivity contribution is 0.133. The average molecular weight is 338 g/mol. The highest BCUT2D eigenvalue weighted by Gasteiger charge is 2.32. The van der Waals surface area contributed by atoms with Crippen LogP contribution in [0.15, 0.2) is 24.3 Å². The monoisotopic (exact) mass is 337 g/mol. The molecule has 8 heteroatoms. The van der Waals surface area contributed by atoms with Gasteiger partial charge >= 0.3 is 12.3 Å². The molecule has 0 saturated heterocycles. The SMILES string of the molecule is O=C(O)Oc1c(OC(=O)O)c(-c2ccc(Cl)cc2)n2c1CCC2. The first-order valence-corrected chi connectivity index (χ1v) is 7.18. The molecule has 0 bridgehead atoms. The minimum atomic E-state index is -1.54. The Morgan fingerprint density at radius 1 is 1.04 bits per heavy atom. The summed E-state index contributed by atoms with van der Waals surface area (Å²) in [7, 11) is 0. The van der Waals surface area contributed by atoms with Gasteiger partial charge in [0.1, 0.15) is 0 Å². The van der Waals surface area contributed by atoms with E-state index >= 15 is 0 Å². The fraction of sp³-hybridized carbons (Fsp3) is 0.200. The molecule has 0 spiro atoms. The van der Waals surface area contributed by atoms with Crippen LogP contribution in [-0.2, 0) is 13.0 Å². The molecule has 2 aromatic rings. The molecule has 23 heavy (non-hydrogen) atoms. The normalized spacial score (nSPS) is 12.7. The second-order valence-electron chi connectivity index (χ2n) is 4.95. The number of hydrogen-bond acceptors (Lipinski definition) is 4. The van der Waals surface area contributed by atoms with Gasteiger partial charge in [-0.1, -0.05) is 23.7 Å². The van der Waals surface area contributed by atoms with Crippen molar-refractivity contribution in [1.29, 1.82) is 0 Å². The van der Waals surface area contributed by atoms with E-state index in [1.54, 1.807) is 24.3 Å². The van der Waals surface area contributed by atoms with Crippen LogP contribution in [-0.4, -0.2) is 27.1 Å². The number of halogens is 1. The van der Waals surface area contributed by atoms with Gasteiger partial charge in [0.2, 0.25) is 5.75 Å². The highest BCUT2D eigenvalue weighted by atomic mass is 35.5. The number of hydrogen-bond donors (Lipinski definition) is 2. The number of carbonyl (C=O) groups is 2. The third-order valence-electron chi connectivity index (χ3n) is 3.57. The molecule has 1 aliphatic rings. The van der Waals surface area contributed by atoms with E-state index in [4.69, 9.17) is 31.3 Å². The predicted octanol–water partition coefficient (Wildman–Crippen LogP) is 3.87. The minimum Gasteiger partial charge on any atom is -0.449 e. The smallest absolute Gasteiger partial charge is 0.449 e. The molecule has 2 N–H and O–H groups in total. The Labute approximate surface area is 135 Å². The van der Waals surface area contributed by atoms with Crippen molar-refractivity contribution in [2.75, 3.05) is 0 Å². The molecule has 2 heterocycles. The zero-order chi connectivity index (χ0) is 16.6. The van der Waals surface area contributed by atoms with E-state index < -0.39 is 12.3 Å². The second-order valence-corrected chi connectivity index (χ2v) is 5.39. The molecule has 0 saturated carbocycles. The third kappa shape index (κ3) is 2.83. The van der Waals surface area contributed by atoms with Crippen molar-refractivity contribution in [1.82, 2.24) is 4.57 Å². The van der Waals surface area contributed by atoms with E-state index in [0.717, 1.165) is 6.42 Å². The lowest BCUT2D eigenvalue weighted by Crippen LogP contribution is -2.08. The van der Waals surface area contributed by atoms with Gasteiger partial charge in [0.05, 0.1) is 11.4 Å². The van der Waals surface area contributed by atoms with E-state index in [1.807, 2.05) is 4.57 Å². The zero-order valence-corrected chi connectivity index (χ0v) is 12.5. The van der Waals surface area contributed by atoms with Crippen LogP contribution in [0.5, 0.6) is 11.5 Å². The minimum absolute atomic E-state index is 0.0673. The van der Waals surface area contributed by atoms with E-state index in [-0.39, 0.29) is 11.5 Å². The van der Waals surface area contributed by atoms with Gasteiger partial charge in [-0.3, -0.25) is 0 Å². The Bertz CT molecular complexity index is 780. The van der Waals surface area contributed by atoms with Crippen LogP contribution in [0, 0.1) is 0 Å². The molecule has 7 nitrogen and oxygen atoms in total. The largest absolute Gasteiger partial charge is 0.511 e. The van der Waals surface area contributed by atoms with Crippen LogP contribution >= 0.6 is 11.6 Å². The van der Waals surface area contributed by atoms with Crippen LogP contribution in [0.3, 0.4) is 0 Å². The molecule has 3 rings (SSSR count). The van der Waals surface area contributed by atoms with Crippen LogP contribution in [0.4, 0.5) is 9.59 Å². The molecule has 0 aliphatic carbocycles. The molecule has 1 aromatic carbocycles. The molecule has 120 valence electrons. The summed E-state index contributed by atoms with van der Waals surface area (Å²) in [5.41, 5.74) is 1.73. The first-order chi connectivity index (χ1) is 11.0. The van der Waals surface area contributed by atoms with Gasteiger partial charge in [-0.2, -0.15) is 0 Å². The summed E-state index contributed by atoms with van der Waals surface area (Å²) in [5.74, 6) is -0.181. The number of nitrogens with zero attached hydrogens (tertiary/aromatic N) is 1. The predicted molar refractivity (Wildman–Crippen MR) is 80.5 cm³/mol. The van der Waals surface area contributed by atoms with Crippen molar-refractivity contribution >= 4 is 23.9 Å². The Balaban J connectivity index is 2.22. The van der Waals surface area contributed by atoms with Gasteiger partial charge in [0, 0.05) is 17.1 Å². The average Bonchev–Trinajstić information content (AvgIpc) is 3.03. The van der Waals surface area contributed by atoms with Crippen LogP contribution < -0.4 is 9.47 Å². The van der Waals surface area contributed by atoms with Crippen molar-refractivity contribution in [2.45, 2.75) is 19.4 Å². The highest BCUT2D eigenvalue weighted by Crippen LogP contribution is 2.47. The standard InChI is InChI=1S/C15H12ClNO6/c16-9-5-3-8(4-6-9)11-13(23-15(20)21)12(22-14(18)19)10-2-1-7-17(10)11/h3-6H,1-2,7H2,(H,18,19)(H,20,21). The first-order valence-electron chi connectivity index (χ1n) is 6.80. The maximum Gasteiger partial charge on any atom is 0.511 e. The molecule has 0 atom stereocenters. The molecular formula is C15H12ClNO6. The fourth-order valence-electron chi connectivity index (χ4n) is 2.79. The van der Waals surface area contributed by atoms with E-state index in [0.29, 0.717) is 34.9 Å². The van der Waals surface area contributed by atoms with E-state index in [9.17, 15) is 9.59 Å². The van der Waals surface area contributed by atoms with Crippen LogP contribution in [0.25, 0.3) is 11.3 Å². The van der Waals surface area contributed by atoms with Crippen molar-refractivity contribution in [3.8, 4) is 22.8 Å². The Hall–Kier alpha value is -2.67. The first kappa shape index (κ1) is 15.2. The summed E-state index contributed by atoms with van der Waals surface area (Å²) in [6.45, 7) is 0.617. The lowest BCUT2D eigenvalue weighted by Gasteiger charge is -2.09. The summed E-state index contributed by atoms with van der Waals surface area (Å²) >= 11 is 5.88. The quantitative estimate of drug-likeness (QED) is 0.825. The van der Waals surface area contributed by atoms with Crippen LogP contribution in [0.1, 0.15) is 12.1 Å². The molecule has 0 unspecified atom stereocenters. The van der Waals surface area contributed by atoms with Crippen molar-refractivity contribution < 1.29 is 29.3 Å². The van der Waals surface area contributed by atoms with Crippen molar-refractivity contribution in [3.63, 3.8) is 0 Å². The molecule has 0 radical (unpaired) electrons. The van der Waals surface area contributed by atoms with Crippen molar-refractivity contribution in [2.24, 2.45) is 0 Å². The maximum absolute atomic E-state index is 11.0. The summed E-state index contributed by atoms with van der Waals surface area (Å²) in [5, 5.41) is 18.4. The van der Waals surface area contributed by atoms with Gasteiger partial charge in [-0.15, -0.1) is 0 Å².